The van der Waals surface area contributed by atoms with Crippen molar-refractivity contribution in [1.82, 2.24) is 10.0 Å². The fourth-order valence-corrected chi connectivity index (χ4v) is 3.65. The molecule has 5 nitrogen and oxygen atoms in total. The van der Waals surface area contributed by atoms with Gasteiger partial charge in [0.15, 0.2) is 0 Å². The highest BCUT2D eigenvalue weighted by Gasteiger charge is 2.34. The van der Waals surface area contributed by atoms with Gasteiger partial charge >= 0.3 is 0 Å². The molecule has 1 unspecified atom stereocenters. The Balaban J connectivity index is 2.06. The zero-order valence-corrected chi connectivity index (χ0v) is 12.9. The van der Waals surface area contributed by atoms with Gasteiger partial charge < -0.3 is 10.1 Å². The Hall–Kier alpha value is -0.660. The van der Waals surface area contributed by atoms with Gasteiger partial charge in [-0.05, 0) is 43.7 Å². The van der Waals surface area contributed by atoms with Crippen molar-refractivity contribution in [2.75, 3.05) is 26.8 Å². The molecule has 20 heavy (non-hydrogen) atoms. The van der Waals surface area contributed by atoms with E-state index < -0.39 is 10.0 Å². The minimum Gasteiger partial charge on any atom is -0.383 e. The summed E-state index contributed by atoms with van der Waals surface area (Å²) in [7, 11) is -1.90. The average Bonchev–Trinajstić information content (AvgIpc) is 2.87. The van der Waals surface area contributed by atoms with E-state index in [1.165, 1.54) is 12.1 Å². The summed E-state index contributed by atoms with van der Waals surface area (Å²) < 4.78 is 32.3. The fourth-order valence-electron chi connectivity index (χ4n) is 2.40. The molecule has 1 saturated heterocycles. The third-order valence-electron chi connectivity index (χ3n) is 3.48. The molecule has 7 heteroatoms. The molecule has 0 aromatic heterocycles. The lowest BCUT2D eigenvalue weighted by atomic mass is 9.99. The van der Waals surface area contributed by atoms with Crippen LogP contribution in [0.1, 0.15) is 12.8 Å². The predicted octanol–water partition coefficient (Wildman–Crippen LogP) is 1.39. The average molecular weight is 319 g/mol. The normalized spacial score (nSPS) is 23.1. The maximum Gasteiger partial charge on any atom is 0.240 e. The van der Waals surface area contributed by atoms with E-state index in [9.17, 15) is 8.42 Å². The van der Waals surface area contributed by atoms with Crippen molar-refractivity contribution >= 4 is 21.6 Å². The summed E-state index contributed by atoms with van der Waals surface area (Å²) >= 11 is 5.76. The molecule has 1 atom stereocenters. The molecular formula is C13H19ClN2O3S. The fraction of sp³-hybridized carbons (Fsp3) is 0.538. The second-order valence-corrected chi connectivity index (χ2v) is 7.23. The number of hydrogen-bond acceptors (Lipinski definition) is 4. The minimum absolute atomic E-state index is 0.215. The predicted molar refractivity (Wildman–Crippen MR) is 78.5 cm³/mol. The first-order valence-electron chi connectivity index (χ1n) is 6.47. The molecule has 0 saturated carbocycles. The van der Waals surface area contributed by atoms with Gasteiger partial charge in [0.2, 0.25) is 10.0 Å². The lowest BCUT2D eigenvalue weighted by Gasteiger charge is -2.28. The van der Waals surface area contributed by atoms with E-state index in [2.05, 4.69) is 10.0 Å². The third-order valence-corrected chi connectivity index (χ3v) is 5.15. The van der Waals surface area contributed by atoms with Gasteiger partial charge in [0.25, 0.3) is 0 Å². The van der Waals surface area contributed by atoms with E-state index in [1.807, 2.05) is 0 Å². The Bertz CT molecular complexity index is 539. The second kappa shape index (κ2) is 6.41. The summed E-state index contributed by atoms with van der Waals surface area (Å²) in [6.07, 6.45) is 1.91. The van der Waals surface area contributed by atoms with Crippen LogP contribution >= 0.6 is 11.6 Å². The summed E-state index contributed by atoms with van der Waals surface area (Å²) in [4.78, 5) is 0.215. The first-order chi connectivity index (χ1) is 9.47. The Morgan fingerprint density at radius 3 is 2.65 bits per heavy atom. The quantitative estimate of drug-likeness (QED) is 0.831. The molecule has 1 aliphatic rings. The van der Waals surface area contributed by atoms with Gasteiger partial charge in [0.1, 0.15) is 0 Å². The van der Waals surface area contributed by atoms with Crippen molar-refractivity contribution < 1.29 is 13.2 Å². The smallest absolute Gasteiger partial charge is 0.240 e. The lowest BCUT2D eigenvalue weighted by Crippen LogP contribution is -2.52. The third kappa shape index (κ3) is 3.71. The van der Waals surface area contributed by atoms with E-state index >= 15 is 0 Å². The summed E-state index contributed by atoms with van der Waals surface area (Å²) in [6, 6.07) is 6.12. The van der Waals surface area contributed by atoms with Crippen LogP contribution in [0.2, 0.25) is 5.02 Å². The van der Waals surface area contributed by atoms with Gasteiger partial charge in [0.05, 0.1) is 17.0 Å². The van der Waals surface area contributed by atoms with Gasteiger partial charge in [0, 0.05) is 18.7 Å². The van der Waals surface area contributed by atoms with Crippen LogP contribution in [0.5, 0.6) is 0 Å². The summed E-state index contributed by atoms with van der Waals surface area (Å²) in [6.45, 7) is 1.67. The number of hydrogen-bond donors (Lipinski definition) is 2. The second-order valence-electron chi connectivity index (χ2n) is 5.02. The largest absolute Gasteiger partial charge is 0.383 e. The van der Waals surface area contributed by atoms with Gasteiger partial charge in [-0.15, -0.1) is 0 Å². The highest BCUT2D eigenvalue weighted by molar-refractivity contribution is 7.89. The van der Waals surface area contributed by atoms with Gasteiger partial charge in [-0.1, -0.05) is 11.6 Å². The molecule has 112 valence electrons. The van der Waals surface area contributed by atoms with Crippen LogP contribution in [-0.4, -0.2) is 40.8 Å². The molecule has 0 aliphatic carbocycles. The maximum atomic E-state index is 12.2. The van der Waals surface area contributed by atoms with E-state index in [1.54, 1.807) is 19.2 Å². The van der Waals surface area contributed by atoms with Crippen LogP contribution in [0.15, 0.2) is 29.2 Å². The molecule has 0 radical (unpaired) electrons. The zero-order valence-electron chi connectivity index (χ0n) is 11.4. The number of rotatable bonds is 6. The molecule has 2 N–H and O–H groups in total. The number of sulfonamides is 1. The molecular weight excluding hydrogens is 300 g/mol. The topological polar surface area (TPSA) is 67.4 Å². The first-order valence-corrected chi connectivity index (χ1v) is 8.33. The van der Waals surface area contributed by atoms with Gasteiger partial charge in [-0.25, -0.2) is 13.1 Å². The van der Waals surface area contributed by atoms with Crippen LogP contribution < -0.4 is 10.0 Å². The first kappa shape index (κ1) is 15.7. The molecule has 0 spiro atoms. The van der Waals surface area contributed by atoms with Crippen molar-refractivity contribution in [2.24, 2.45) is 0 Å². The van der Waals surface area contributed by atoms with Crippen LogP contribution in [-0.2, 0) is 14.8 Å². The summed E-state index contributed by atoms with van der Waals surface area (Å²) in [5, 5.41) is 3.84. The van der Waals surface area contributed by atoms with Crippen LogP contribution in [0.3, 0.4) is 0 Å². The van der Waals surface area contributed by atoms with Gasteiger partial charge in [-0.2, -0.15) is 0 Å². The molecule has 1 heterocycles. The molecule has 1 aliphatic heterocycles. The zero-order chi connectivity index (χ0) is 14.6. The highest BCUT2D eigenvalue weighted by atomic mass is 35.5. The van der Waals surface area contributed by atoms with E-state index in [-0.39, 0.29) is 10.4 Å². The van der Waals surface area contributed by atoms with E-state index in [0.29, 0.717) is 18.2 Å². The summed E-state index contributed by atoms with van der Waals surface area (Å²) in [5.41, 5.74) is -0.311. The van der Waals surface area contributed by atoms with Crippen molar-refractivity contribution in [3.63, 3.8) is 0 Å². The lowest BCUT2D eigenvalue weighted by molar-refractivity contribution is 0.122. The van der Waals surface area contributed by atoms with E-state index in [4.69, 9.17) is 16.3 Å². The molecule has 1 aromatic carbocycles. The van der Waals surface area contributed by atoms with Crippen LogP contribution in [0.25, 0.3) is 0 Å². The van der Waals surface area contributed by atoms with Crippen LogP contribution in [0.4, 0.5) is 0 Å². The molecule has 1 aromatic rings. The number of benzene rings is 1. The Morgan fingerprint density at radius 1 is 1.40 bits per heavy atom. The minimum atomic E-state index is -3.53. The SMILES string of the molecule is COCC1(CNS(=O)(=O)c2ccc(Cl)cc2)CCCN1. The van der Waals surface area contributed by atoms with Crippen molar-refractivity contribution in [2.45, 2.75) is 23.3 Å². The number of halogens is 1. The molecule has 0 amide bonds. The van der Waals surface area contributed by atoms with Gasteiger partial charge in [-0.3, -0.25) is 0 Å². The standard InChI is InChI=1S/C13H19ClN2O3S/c1-19-10-13(7-2-8-15-13)9-16-20(17,18)12-5-3-11(14)4-6-12/h3-6,15-16H,2,7-10H2,1H3. The summed E-state index contributed by atoms with van der Waals surface area (Å²) in [5.74, 6) is 0. The Morgan fingerprint density at radius 2 is 2.10 bits per heavy atom. The van der Waals surface area contributed by atoms with Crippen LogP contribution in [0, 0.1) is 0 Å². The highest BCUT2D eigenvalue weighted by Crippen LogP contribution is 2.20. The number of ether oxygens (including phenoxy) is 1. The van der Waals surface area contributed by atoms with E-state index in [0.717, 1.165) is 19.4 Å². The molecule has 0 bridgehead atoms. The number of methoxy groups -OCH3 is 1. The van der Waals surface area contributed by atoms with Crippen molar-refractivity contribution in [1.29, 1.82) is 0 Å². The van der Waals surface area contributed by atoms with Crippen molar-refractivity contribution in [3.8, 4) is 0 Å². The Labute approximate surface area is 124 Å². The van der Waals surface area contributed by atoms with Crippen molar-refractivity contribution in [3.05, 3.63) is 29.3 Å². The Kier molecular flexibility index (Phi) is 5.04. The molecule has 1 fully saturated rings. The molecule has 2 rings (SSSR count). The monoisotopic (exact) mass is 318 g/mol. The maximum absolute atomic E-state index is 12.2. The number of nitrogens with one attached hydrogen (secondary N) is 2.